The molecular formula is C12H19BrN2OS. The fraction of sp³-hybridized carbons (Fsp3) is 0.583. The molecule has 0 bridgehead atoms. The van der Waals surface area contributed by atoms with Crippen molar-refractivity contribution in [3.05, 3.63) is 20.8 Å². The first-order chi connectivity index (χ1) is 8.08. The Hall–Kier alpha value is -0.390. The lowest BCUT2D eigenvalue weighted by Crippen LogP contribution is -2.32. The highest BCUT2D eigenvalue weighted by molar-refractivity contribution is 9.11. The van der Waals surface area contributed by atoms with Crippen LogP contribution in [0.4, 0.5) is 0 Å². The van der Waals surface area contributed by atoms with Crippen LogP contribution >= 0.6 is 27.3 Å². The summed E-state index contributed by atoms with van der Waals surface area (Å²) in [5.41, 5.74) is 0. The topological polar surface area (TPSA) is 41.1 Å². The van der Waals surface area contributed by atoms with Crippen molar-refractivity contribution in [3.63, 3.8) is 0 Å². The zero-order chi connectivity index (χ0) is 12.7. The number of carbonyl (C=O) groups excluding carboxylic acids is 1. The summed E-state index contributed by atoms with van der Waals surface area (Å²) in [4.78, 5) is 12.7. The van der Waals surface area contributed by atoms with Gasteiger partial charge in [-0.15, -0.1) is 11.3 Å². The standard InChI is InChI=1S/C12H19BrN2OS/c1-9(2)15-12(16)6-8-14-7-5-10-3-4-11(13)17-10/h3-4,9,14H,5-8H2,1-2H3,(H,15,16). The third kappa shape index (κ3) is 6.81. The Kier molecular flexibility index (Phi) is 6.77. The van der Waals surface area contributed by atoms with Crippen molar-refractivity contribution in [2.45, 2.75) is 32.7 Å². The molecule has 3 nitrogen and oxygen atoms in total. The molecule has 1 rings (SSSR count). The predicted octanol–water partition coefficient (Wildman–Crippen LogP) is 2.56. The molecule has 0 atom stereocenters. The first kappa shape index (κ1) is 14.7. The number of carbonyl (C=O) groups is 1. The molecule has 0 saturated heterocycles. The van der Waals surface area contributed by atoms with Gasteiger partial charge < -0.3 is 10.6 Å². The molecule has 17 heavy (non-hydrogen) atoms. The molecule has 0 unspecified atom stereocenters. The van der Waals surface area contributed by atoms with Gasteiger partial charge in [-0.05, 0) is 54.9 Å². The van der Waals surface area contributed by atoms with E-state index in [1.54, 1.807) is 11.3 Å². The van der Waals surface area contributed by atoms with Crippen molar-refractivity contribution >= 4 is 33.2 Å². The minimum atomic E-state index is 0.117. The van der Waals surface area contributed by atoms with Crippen molar-refractivity contribution in [2.75, 3.05) is 13.1 Å². The molecule has 1 heterocycles. The van der Waals surface area contributed by atoms with Gasteiger partial charge in [0, 0.05) is 23.9 Å². The second-order valence-corrected chi connectivity index (χ2v) is 6.73. The summed E-state index contributed by atoms with van der Waals surface area (Å²) in [6.07, 6.45) is 1.56. The zero-order valence-electron chi connectivity index (χ0n) is 10.3. The van der Waals surface area contributed by atoms with E-state index in [1.807, 2.05) is 13.8 Å². The SMILES string of the molecule is CC(C)NC(=O)CCNCCc1ccc(Br)s1. The second kappa shape index (κ2) is 7.84. The average molecular weight is 319 g/mol. The number of nitrogens with one attached hydrogen (secondary N) is 2. The van der Waals surface area contributed by atoms with Gasteiger partial charge in [0.05, 0.1) is 3.79 Å². The summed E-state index contributed by atoms with van der Waals surface area (Å²) in [6, 6.07) is 4.42. The third-order valence-corrected chi connectivity index (χ3v) is 3.84. The van der Waals surface area contributed by atoms with Crippen LogP contribution in [0.5, 0.6) is 0 Å². The van der Waals surface area contributed by atoms with E-state index in [0.717, 1.165) is 19.5 Å². The van der Waals surface area contributed by atoms with Crippen LogP contribution in [0.3, 0.4) is 0 Å². The Morgan fingerprint density at radius 1 is 1.41 bits per heavy atom. The number of hydrogen-bond donors (Lipinski definition) is 2. The maximum absolute atomic E-state index is 11.3. The summed E-state index contributed by atoms with van der Waals surface area (Å²) >= 11 is 5.20. The van der Waals surface area contributed by atoms with Crippen LogP contribution in [-0.4, -0.2) is 25.0 Å². The smallest absolute Gasteiger partial charge is 0.221 e. The van der Waals surface area contributed by atoms with Crippen molar-refractivity contribution in [1.29, 1.82) is 0 Å². The summed E-state index contributed by atoms with van der Waals surface area (Å²) < 4.78 is 1.17. The summed E-state index contributed by atoms with van der Waals surface area (Å²) in [7, 11) is 0. The molecule has 0 fully saturated rings. The molecule has 0 spiro atoms. The van der Waals surface area contributed by atoms with Crippen LogP contribution in [0.2, 0.25) is 0 Å². The number of amides is 1. The third-order valence-electron chi connectivity index (χ3n) is 2.16. The zero-order valence-corrected chi connectivity index (χ0v) is 12.7. The van der Waals surface area contributed by atoms with E-state index in [4.69, 9.17) is 0 Å². The minimum absolute atomic E-state index is 0.117. The monoisotopic (exact) mass is 318 g/mol. The summed E-state index contributed by atoms with van der Waals surface area (Å²) in [5, 5.41) is 6.15. The highest BCUT2D eigenvalue weighted by atomic mass is 79.9. The van der Waals surface area contributed by atoms with Crippen LogP contribution in [0, 0.1) is 0 Å². The number of rotatable bonds is 7. The predicted molar refractivity (Wildman–Crippen MR) is 76.5 cm³/mol. The van der Waals surface area contributed by atoms with Gasteiger partial charge in [-0.2, -0.15) is 0 Å². The fourth-order valence-corrected chi connectivity index (χ4v) is 2.90. The van der Waals surface area contributed by atoms with E-state index in [9.17, 15) is 4.79 Å². The van der Waals surface area contributed by atoms with Crippen molar-refractivity contribution in [3.8, 4) is 0 Å². The first-order valence-corrected chi connectivity index (χ1v) is 7.43. The molecule has 0 saturated carbocycles. The lowest BCUT2D eigenvalue weighted by molar-refractivity contribution is -0.121. The number of thiophene rings is 1. The number of halogens is 1. The molecule has 1 aromatic rings. The molecule has 0 aliphatic carbocycles. The largest absolute Gasteiger partial charge is 0.354 e. The Morgan fingerprint density at radius 3 is 2.76 bits per heavy atom. The van der Waals surface area contributed by atoms with Crippen molar-refractivity contribution in [2.24, 2.45) is 0 Å². The highest BCUT2D eigenvalue weighted by Gasteiger charge is 2.02. The van der Waals surface area contributed by atoms with Gasteiger partial charge >= 0.3 is 0 Å². The molecular weight excluding hydrogens is 300 g/mol. The molecule has 1 amide bonds. The van der Waals surface area contributed by atoms with Gasteiger partial charge in [-0.3, -0.25) is 4.79 Å². The van der Waals surface area contributed by atoms with Gasteiger partial charge in [0.1, 0.15) is 0 Å². The van der Waals surface area contributed by atoms with E-state index < -0.39 is 0 Å². The van der Waals surface area contributed by atoms with Gasteiger partial charge in [0.25, 0.3) is 0 Å². The first-order valence-electron chi connectivity index (χ1n) is 5.82. The fourth-order valence-electron chi connectivity index (χ4n) is 1.42. The molecule has 0 aromatic carbocycles. The second-order valence-electron chi connectivity index (χ2n) is 4.18. The Labute approximate surface area is 115 Å². The molecule has 5 heteroatoms. The van der Waals surface area contributed by atoms with E-state index in [2.05, 4.69) is 38.7 Å². The molecule has 0 aliphatic heterocycles. The van der Waals surface area contributed by atoms with E-state index >= 15 is 0 Å². The van der Waals surface area contributed by atoms with Crippen molar-refractivity contribution in [1.82, 2.24) is 10.6 Å². The molecule has 1 aromatic heterocycles. The lowest BCUT2D eigenvalue weighted by atomic mass is 10.3. The lowest BCUT2D eigenvalue weighted by Gasteiger charge is -2.08. The van der Waals surface area contributed by atoms with E-state index in [-0.39, 0.29) is 11.9 Å². The summed E-state index contributed by atoms with van der Waals surface area (Å²) in [5.74, 6) is 0.117. The normalized spacial score (nSPS) is 10.8. The number of hydrogen-bond acceptors (Lipinski definition) is 3. The van der Waals surface area contributed by atoms with Crippen molar-refractivity contribution < 1.29 is 4.79 Å². The highest BCUT2D eigenvalue weighted by Crippen LogP contribution is 2.21. The maximum atomic E-state index is 11.3. The maximum Gasteiger partial charge on any atom is 0.221 e. The molecule has 0 radical (unpaired) electrons. The molecule has 96 valence electrons. The quantitative estimate of drug-likeness (QED) is 0.759. The van der Waals surface area contributed by atoms with Gasteiger partial charge in [-0.1, -0.05) is 0 Å². The van der Waals surface area contributed by atoms with Gasteiger partial charge in [0.15, 0.2) is 0 Å². The van der Waals surface area contributed by atoms with Crippen LogP contribution in [0.1, 0.15) is 25.1 Å². The van der Waals surface area contributed by atoms with Gasteiger partial charge in [-0.25, -0.2) is 0 Å². The average Bonchev–Trinajstić information content (AvgIpc) is 2.62. The minimum Gasteiger partial charge on any atom is -0.354 e. The Morgan fingerprint density at radius 2 is 2.18 bits per heavy atom. The van der Waals surface area contributed by atoms with Crippen LogP contribution in [-0.2, 0) is 11.2 Å². The van der Waals surface area contributed by atoms with Crippen LogP contribution in [0.25, 0.3) is 0 Å². The van der Waals surface area contributed by atoms with E-state index in [1.165, 1.54) is 8.66 Å². The van der Waals surface area contributed by atoms with E-state index in [0.29, 0.717) is 6.42 Å². The Balaban J connectivity index is 2.03. The van der Waals surface area contributed by atoms with Crippen LogP contribution in [0.15, 0.2) is 15.9 Å². The van der Waals surface area contributed by atoms with Crippen LogP contribution < -0.4 is 10.6 Å². The summed E-state index contributed by atoms with van der Waals surface area (Å²) in [6.45, 7) is 5.60. The van der Waals surface area contributed by atoms with Gasteiger partial charge in [0.2, 0.25) is 5.91 Å². The molecule has 0 aliphatic rings. The molecule has 2 N–H and O–H groups in total. The Bertz CT molecular complexity index is 352.